The summed E-state index contributed by atoms with van der Waals surface area (Å²) in [5, 5.41) is 7.24. The van der Waals surface area contributed by atoms with E-state index in [4.69, 9.17) is 4.74 Å². The van der Waals surface area contributed by atoms with Crippen LogP contribution in [0.1, 0.15) is 29.8 Å². The van der Waals surface area contributed by atoms with Gasteiger partial charge in [-0.1, -0.05) is 35.9 Å². The third-order valence-electron chi connectivity index (χ3n) is 6.01. The number of hydrogen-bond acceptors (Lipinski definition) is 6. The molecule has 4 rings (SSSR count). The van der Waals surface area contributed by atoms with Gasteiger partial charge in [0.2, 0.25) is 10.0 Å². The molecule has 10 heteroatoms. The fourth-order valence-electron chi connectivity index (χ4n) is 4.16. The maximum Gasteiger partial charge on any atom is 0.324 e. The van der Waals surface area contributed by atoms with Crippen LogP contribution in [0.5, 0.6) is 0 Å². The Hall–Kier alpha value is -3.50. The second-order valence-corrected chi connectivity index (χ2v) is 10.4. The molecule has 1 fully saturated rings. The molecule has 35 heavy (non-hydrogen) atoms. The lowest BCUT2D eigenvalue weighted by Crippen LogP contribution is -2.42. The molecule has 2 heterocycles. The first kappa shape index (κ1) is 24.6. The number of sulfonamides is 1. The number of para-hydroxylation sites is 1. The monoisotopic (exact) mass is 496 g/mol. The molecule has 0 unspecified atom stereocenters. The molecule has 0 aliphatic carbocycles. The summed E-state index contributed by atoms with van der Waals surface area (Å²) in [6, 6.07) is 15.0. The Morgan fingerprint density at radius 1 is 1.06 bits per heavy atom. The number of aryl methyl sites for hydroxylation is 2. The van der Waals surface area contributed by atoms with E-state index in [2.05, 4.69) is 10.4 Å². The molecular formula is C25H28N4O5S. The summed E-state index contributed by atoms with van der Waals surface area (Å²) in [6.07, 6.45) is 0.877. The predicted octanol–water partition coefficient (Wildman–Crippen LogP) is 3.13. The smallest absolute Gasteiger partial charge is 0.324 e. The van der Waals surface area contributed by atoms with E-state index < -0.39 is 34.5 Å². The first-order valence-corrected chi connectivity index (χ1v) is 12.8. The average molecular weight is 497 g/mol. The highest BCUT2D eigenvalue weighted by Crippen LogP contribution is 2.27. The van der Waals surface area contributed by atoms with Crippen LogP contribution >= 0.6 is 0 Å². The van der Waals surface area contributed by atoms with Crippen molar-refractivity contribution in [2.24, 2.45) is 0 Å². The van der Waals surface area contributed by atoms with Crippen LogP contribution in [-0.2, 0) is 24.3 Å². The molecule has 0 radical (unpaired) electrons. The van der Waals surface area contributed by atoms with E-state index in [9.17, 15) is 18.0 Å². The molecule has 184 valence electrons. The largest absolute Gasteiger partial charge is 0.454 e. The van der Waals surface area contributed by atoms with Crippen LogP contribution in [0.2, 0.25) is 0 Å². The molecule has 1 aliphatic rings. The summed E-state index contributed by atoms with van der Waals surface area (Å²) in [7, 11) is -3.85. The van der Waals surface area contributed by atoms with Crippen molar-refractivity contribution < 1.29 is 22.7 Å². The van der Waals surface area contributed by atoms with Crippen LogP contribution in [0.4, 0.5) is 5.69 Å². The maximum atomic E-state index is 13.1. The van der Waals surface area contributed by atoms with Crippen LogP contribution in [0, 0.1) is 20.8 Å². The summed E-state index contributed by atoms with van der Waals surface area (Å²) >= 11 is 0. The van der Waals surface area contributed by atoms with Crippen molar-refractivity contribution in [2.45, 2.75) is 44.6 Å². The van der Waals surface area contributed by atoms with Crippen LogP contribution < -0.4 is 5.32 Å². The van der Waals surface area contributed by atoms with Crippen LogP contribution in [0.3, 0.4) is 0 Å². The molecule has 1 aliphatic heterocycles. The van der Waals surface area contributed by atoms with Gasteiger partial charge in [-0.2, -0.15) is 9.40 Å². The summed E-state index contributed by atoms with van der Waals surface area (Å²) < 4.78 is 34.2. The van der Waals surface area contributed by atoms with Crippen molar-refractivity contribution in [3.05, 3.63) is 71.5 Å². The van der Waals surface area contributed by atoms with Crippen molar-refractivity contribution in [1.82, 2.24) is 14.1 Å². The number of amides is 1. The van der Waals surface area contributed by atoms with Gasteiger partial charge in [0.1, 0.15) is 6.04 Å². The zero-order valence-electron chi connectivity index (χ0n) is 19.9. The zero-order valence-corrected chi connectivity index (χ0v) is 20.7. The third kappa shape index (κ3) is 5.13. The standard InChI is InChI=1S/C25H28N4O5S/c1-17-11-13-21(14-12-17)35(32,33)28-15-7-10-22(28)25(31)34-16-23(30)26-24-18(2)27-29(19(24)3)20-8-5-4-6-9-20/h4-6,8-9,11-14,22H,7,10,15-16H2,1-3H3,(H,26,30)/t22-/m1/s1. The highest BCUT2D eigenvalue weighted by Gasteiger charge is 2.40. The SMILES string of the molecule is Cc1ccc(S(=O)(=O)N2CCC[C@@H]2C(=O)OCC(=O)Nc2c(C)nn(-c3ccccc3)c2C)cc1. The molecule has 1 amide bonds. The van der Waals surface area contributed by atoms with Crippen molar-refractivity contribution >= 4 is 27.6 Å². The Kier molecular flexibility index (Phi) is 7.04. The van der Waals surface area contributed by atoms with Gasteiger partial charge >= 0.3 is 5.97 Å². The normalized spacial score (nSPS) is 16.3. The Bertz CT molecular complexity index is 1330. The van der Waals surface area contributed by atoms with E-state index in [1.54, 1.807) is 23.7 Å². The highest BCUT2D eigenvalue weighted by molar-refractivity contribution is 7.89. The summed E-state index contributed by atoms with van der Waals surface area (Å²) in [5.74, 6) is -1.26. The minimum Gasteiger partial charge on any atom is -0.454 e. The lowest BCUT2D eigenvalue weighted by Gasteiger charge is -2.22. The summed E-state index contributed by atoms with van der Waals surface area (Å²) in [5.41, 5.74) is 3.69. The second kappa shape index (κ2) is 10.0. The fraction of sp³-hybridized carbons (Fsp3) is 0.320. The Balaban J connectivity index is 1.40. The van der Waals surface area contributed by atoms with E-state index in [1.165, 1.54) is 12.1 Å². The molecular weight excluding hydrogens is 468 g/mol. The second-order valence-electron chi connectivity index (χ2n) is 8.54. The Labute approximate surface area is 204 Å². The van der Waals surface area contributed by atoms with Crippen molar-refractivity contribution in [1.29, 1.82) is 0 Å². The van der Waals surface area contributed by atoms with Gasteiger partial charge in [-0.15, -0.1) is 0 Å². The average Bonchev–Trinajstić information content (AvgIpc) is 3.45. The lowest BCUT2D eigenvalue weighted by molar-refractivity contribution is -0.150. The van der Waals surface area contributed by atoms with E-state index in [-0.39, 0.29) is 11.4 Å². The number of esters is 1. The minimum atomic E-state index is -3.85. The molecule has 0 spiro atoms. The molecule has 1 N–H and O–H groups in total. The van der Waals surface area contributed by atoms with Crippen molar-refractivity contribution in [3.63, 3.8) is 0 Å². The van der Waals surface area contributed by atoms with E-state index >= 15 is 0 Å². The fourth-order valence-corrected chi connectivity index (χ4v) is 5.81. The number of rotatable bonds is 7. The van der Waals surface area contributed by atoms with Crippen LogP contribution in [-0.4, -0.2) is 53.6 Å². The number of carbonyl (C=O) groups excluding carboxylic acids is 2. The zero-order chi connectivity index (χ0) is 25.2. The number of anilines is 1. The van der Waals surface area contributed by atoms with E-state index in [1.807, 2.05) is 44.2 Å². The molecule has 1 aromatic heterocycles. The van der Waals surface area contributed by atoms with E-state index in [0.29, 0.717) is 24.2 Å². The molecule has 9 nitrogen and oxygen atoms in total. The number of benzene rings is 2. The van der Waals surface area contributed by atoms with Crippen molar-refractivity contribution in [2.75, 3.05) is 18.5 Å². The van der Waals surface area contributed by atoms with Crippen LogP contribution in [0.15, 0.2) is 59.5 Å². The summed E-state index contributed by atoms with van der Waals surface area (Å²) in [6.45, 7) is 5.18. The molecule has 2 aromatic carbocycles. The number of aromatic nitrogens is 2. The summed E-state index contributed by atoms with van der Waals surface area (Å²) in [4.78, 5) is 25.4. The predicted molar refractivity (Wildman–Crippen MR) is 131 cm³/mol. The molecule has 0 bridgehead atoms. The van der Waals surface area contributed by atoms with Gasteiger partial charge in [0.05, 0.1) is 27.7 Å². The number of carbonyl (C=O) groups is 2. The Morgan fingerprint density at radius 3 is 2.43 bits per heavy atom. The minimum absolute atomic E-state index is 0.127. The van der Waals surface area contributed by atoms with Gasteiger partial charge in [0.25, 0.3) is 5.91 Å². The first-order valence-electron chi connectivity index (χ1n) is 11.3. The van der Waals surface area contributed by atoms with E-state index in [0.717, 1.165) is 21.2 Å². The number of nitrogens with zero attached hydrogens (tertiary/aromatic N) is 3. The third-order valence-corrected chi connectivity index (χ3v) is 7.93. The van der Waals surface area contributed by atoms with Gasteiger partial charge in [0.15, 0.2) is 6.61 Å². The topological polar surface area (TPSA) is 111 Å². The van der Waals surface area contributed by atoms with Crippen molar-refractivity contribution in [3.8, 4) is 5.69 Å². The van der Waals surface area contributed by atoms with Gasteiger partial charge in [-0.25, -0.2) is 13.1 Å². The maximum absolute atomic E-state index is 13.1. The lowest BCUT2D eigenvalue weighted by atomic mass is 10.2. The molecule has 3 aromatic rings. The number of nitrogens with one attached hydrogen (secondary N) is 1. The number of hydrogen-bond donors (Lipinski definition) is 1. The molecule has 1 atom stereocenters. The van der Waals surface area contributed by atoms with Gasteiger partial charge in [-0.05, 0) is 57.9 Å². The Morgan fingerprint density at radius 2 is 1.74 bits per heavy atom. The molecule has 0 saturated carbocycles. The van der Waals surface area contributed by atoms with Gasteiger partial charge < -0.3 is 10.1 Å². The quantitative estimate of drug-likeness (QED) is 0.503. The van der Waals surface area contributed by atoms with Crippen LogP contribution in [0.25, 0.3) is 5.69 Å². The first-order chi connectivity index (χ1) is 16.7. The van der Waals surface area contributed by atoms with Gasteiger partial charge in [-0.3, -0.25) is 9.59 Å². The molecule has 1 saturated heterocycles. The number of ether oxygens (including phenoxy) is 1. The van der Waals surface area contributed by atoms with Gasteiger partial charge in [0, 0.05) is 6.54 Å². The highest BCUT2D eigenvalue weighted by atomic mass is 32.2.